The smallest absolute Gasteiger partial charge is 0.154 e. The second-order valence-corrected chi connectivity index (χ2v) is 3.71. The molecule has 5 heteroatoms. The van der Waals surface area contributed by atoms with Gasteiger partial charge < -0.3 is 10.4 Å². The van der Waals surface area contributed by atoms with Crippen LogP contribution in [0, 0.1) is 6.92 Å². The zero-order valence-corrected chi connectivity index (χ0v) is 9.47. The van der Waals surface area contributed by atoms with Gasteiger partial charge in [-0.15, -0.1) is 0 Å². The predicted molar refractivity (Wildman–Crippen MR) is 65.4 cm³/mol. The molecule has 0 radical (unpaired) electrons. The third-order valence-electron chi connectivity index (χ3n) is 2.54. The Morgan fingerprint density at radius 3 is 2.94 bits per heavy atom. The van der Waals surface area contributed by atoms with Gasteiger partial charge in [-0.2, -0.15) is 0 Å². The maximum absolute atomic E-state index is 10.9. The number of carbonyl (C=O) groups is 1. The fraction of sp³-hybridized carbons (Fsp3) is 0.250. The predicted octanol–water partition coefficient (Wildman–Crippen LogP) is 0.923. The molecule has 0 fully saturated rings. The molecule has 0 saturated heterocycles. The van der Waals surface area contributed by atoms with Gasteiger partial charge >= 0.3 is 0 Å². The van der Waals surface area contributed by atoms with E-state index in [9.17, 15) is 9.90 Å². The van der Waals surface area contributed by atoms with Crippen LogP contribution in [0.5, 0.6) is 5.75 Å². The average Bonchev–Trinajstić information content (AvgIpc) is 2.83. The normalized spacial score (nSPS) is 14.8. The zero-order valence-electron chi connectivity index (χ0n) is 9.47. The summed E-state index contributed by atoms with van der Waals surface area (Å²) in [6.45, 7) is 3.24. The Morgan fingerprint density at radius 2 is 2.29 bits per heavy atom. The van der Waals surface area contributed by atoms with Gasteiger partial charge in [0.1, 0.15) is 11.6 Å². The standard InChI is InChI=1S/C12H13N3O2/c1-8-12(17)10(7-16)9(6-15-8)2-3-11-13-4-5-14-11/h2-3,6-7,17H,4-5H2,1H3,(H,13,14)/b3-2+. The highest BCUT2D eigenvalue weighted by Crippen LogP contribution is 2.22. The summed E-state index contributed by atoms with van der Waals surface area (Å²) in [4.78, 5) is 19.1. The van der Waals surface area contributed by atoms with Crippen LogP contribution in [0.2, 0.25) is 0 Å². The number of aliphatic imine (C=N–C) groups is 1. The number of amidine groups is 1. The van der Waals surface area contributed by atoms with Crippen LogP contribution in [0.15, 0.2) is 17.3 Å². The number of aryl methyl sites for hydroxylation is 1. The second kappa shape index (κ2) is 4.78. The van der Waals surface area contributed by atoms with Crippen molar-refractivity contribution in [2.45, 2.75) is 6.92 Å². The van der Waals surface area contributed by atoms with Gasteiger partial charge in [-0.1, -0.05) is 0 Å². The molecule has 0 aliphatic carbocycles. The molecule has 1 aromatic heterocycles. The van der Waals surface area contributed by atoms with Crippen LogP contribution in [-0.4, -0.2) is 35.3 Å². The SMILES string of the molecule is Cc1ncc(/C=C/C2=NCCN2)c(C=O)c1O. The minimum absolute atomic E-state index is 0.0662. The van der Waals surface area contributed by atoms with Gasteiger partial charge in [0.2, 0.25) is 0 Å². The quantitative estimate of drug-likeness (QED) is 0.759. The van der Waals surface area contributed by atoms with Crippen molar-refractivity contribution in [2.75, 3.05) is 13.1 Å². The van der Waals surface area contributed by atoms with E-state index in [0.717, 1.165) is 18.9 Å². The molecule has 2 heterocycles. The molecule has 17 heavy (non-hydrogen) atoms. The summed E-state index contributed by atoms with van der Waals surface area (Å²) in [5, 5.41) is 12.8. The highest BCUT2D eigenvalue weighted by molar-refractivity contribution is 5.98. The summed E-state index contributed by atoms with van der Waals surface area (Å²) >= 11 is 0. The molecule has 5 nitrogen and oxygen atoms in total. The molecule has 2 N–H and O–H groups in total. The fourth-order valence-corrected chi connectivity index (χ4v) is 1.58. The van der Waals surface area contributed by atoms with Crippen molar-refractivity contribution in [1.29, 1.82) is 0 Å². The molecule has 1 aliphatic heterocycles. The number of rotatable bonds is 3. The van der Waals surface area contributed by atoms with E-state index in [1.54, 1.807) is 25.3 Å². The Bertz CT molecular complexity index is 507. The number of nitrogens with one attached hydrogen (secondary N) is 1. The van der Waals surface area contributed by atoms with Crippen LogP contribution >= 0.6 is 0 Å². The van der Waals surface area contributed by atoms with E-state index in [1.165, 1.54) is 0 Å². The molecule has 0 bridgehead atoms. The Kier molecular flexibility index (Phi) is 3.18. The highest BCUT2D eigenvalue weighted by atomic mass is 16.3. The van der Waals surface area contributed by atoms with E-state index in [1.807, 2.05) is 0 Å². The molecule has 0 unspecified atom stereocenters. The van der Waals surface area contributed by atoms with E-state index in [-0.39, 0.29) is 11.3 Å². The number of hydrogen-bond donors (Lipinski definition) is 2. The number of pyridine rings is 1. The maximum Gasteiger partial charge on any atom is 0.154 e. The zero-order chi connectivity index (χ0) is 12.3. The number of hydrogen-bond acceptors (Lipinski definition) is 5. The highest BCUT2D eigenvalue weighted by Gasteiger charge is 2.09. The maximum atomic E-state index is 10.9. The van der Waals surface area contributed by atoms with Gasteiger partial charge in [0.15, 0.2) is 6.29 Å². The van der Waals surface area contributed by atoms with Crippen molar-refractivity contribution in [3.05, 3.63) is 29.1 Å². The van der Waals surface area contributed by atoms with Crippen LogP contribution in [0.4, 0.5) is 0 Å². The van der Waals surface area contributed by atoms with Crippen molar-refractivity contribution >= 4 is 18.2 Å². The van der Waals surface area contributed by atoms with Gasteiger partial charge in [0, 0.05) is 18.3 Å². The second-order valence-electron chi connectivity index (χ2n) is 3.71. The van der Waals surface area contributed by atoms with E-state index >= 15 is 0 Å². The van der Waals surface area contributed by atoms with Crippen LogP contribution in [0.25, 0.3) is 6.08 Å². The summed E-state index contributed by atoms with van der Waals surface area (Å²) in [7, 11) is 0. The fourth-order valence-electron chi connectivity index (χ4n) is 1.58. The molecular formula is C12H13N3O2. The first kappa shape index (κ1) is 11.3. The lowest BCUT2D eigenvalue weighted by Gasteiger charge is -2.04. The van der Waals surface area contributed by atoms with Crippen LogP contribution < -0.4 is 5.32 Å². The number of nitrogens with zero attached hydrogens (tertiary/aromatic N) is 2. The third-order valence-corrected chi connectivity index (χ3v) is 2.54. The molecule has 0 atom stereocenters. The Morgan fingerprint density at radius 1 is 1.47 bits per heavy atom. The van der Waals surface area contributed by atoms with Crippen molar-refractivity contribution in [1.82, 2.24) is 10.3 Å². The molecule has 1 aliphatic rings. The lowest BCUT2D eigenvalue weighted by molar-refractivity contribution is 0.112. The topological polar surface area (TPSA) is 74.6 Å². The van der Waals surface area contributed by atoms with Crippen molar-refractivity contribution in [3.63, 3.8) is 0 Å². The first-order valence-electron chi connectivity index (χ1n) is 5.32. The van der Waals surface area contributed by atoms with E-state index in [2.05, 4.69) is 15.3 Å². The molecule has 0 saturated carbocycles. The Balaban J connectivity index is 2.32. The largest absolute Gasteiger partial charge is 0.505 e. The monoisotopic (exact) mass is 231 g/mol. The summed E-state index contributed by atoms with van der Waals surface area (Å²) in [5.41, 5.74) is 1.28. The lowest BCUT2D eigenvalue weighted by atomic mass is 10.1. The van der Waals surface area contributed by atoms with Crippen molar-refractivity contribution < 1.29 is 9.90 Å². The van der Waals surface area contributed by atoms with E-state index < -0.39 is 0 Å². The molecule has 88 valence electrons. The minimum atomic E-state index is -0.0662. The molecule has 0 spiro atoms. The van der Waals surface area contributed by atoms with Crippen molar-refractivity contribution in [2.24, 2.45) is 4.99 Å². The first-order valence-corrected chi connectivity index (χ1v) is 5.32. The minimum Gasteiger partial charge on any atom is -0.505 e. The number of aldehydes is 1. The first-order chi connectivity index (χ1) is 8.22. The Labute approximate surface area is 98.9 Å². The summed E-state index contributed by atoms with van der Waals surface area (Å²) in [5.74, 6) is 0.713. The van der Waals surface area contributed by atoms with Crippen LogP contribution in [-0.2, 0) is 0 Å². The Hall–Kier alpha value is -2.17. The number of aromatic nitrogens is 1. The molecular weight excluding hydrogens is 218 g/mol. The van der Waals surface area contributed by atoms with Gasteiger partial charge in [-0.25, -0.2) is 0 Å². The lowest BCUT2D eigenvalue weighted by Crippen LogP contribution is -2.15. The van der Waals surface area contributed by atoms with Gasteiger partial charge in [0.05, 0.1) is 17.8 Å². The van der Waals surface area contributed by atoms with Crippen LogP contribution in [0.3, 0.4) is 0 Å². The third kappa shape index (κ3) is 2.33. The van der Waals surface area contributed by atoms with Crippen LogP contribution in [0.1, 0.15) is 21.6 Å². The molecule has 1 aromatic rings. The average molecular weight is 231 g/mol. The summed E-state index contributed by atoms with van der Waals surface area (Å²) < 4.78 is 0. The van der Waals surface area contributed by atoms with Gasteiger partial charge in [-0.3, -0.25) is 14.8 Å². The van der Waals surface area contributed by atoms with E-state index in [4.69, 9.17) is 0 Å². The summed E-state index contributed by atoms with van der Waals surface area (Å²) in [6, 6.07) is 0. The number of carbonyl (C=O) groups excluding carboxylic acids is 1. The number of aromatic hydroxyl groups is 1. The van der Waals surface area contributed by atoms with Gasteiger partial charge in [0.25, 0.3) is 0 Å². The van der Waals surface area contributed by atoms with Crippen molar-refractivity contribution in [3.8, 4) is 5.75 Å². The van der Waals surface area contributed by atoms with E-state index in [0.29, 0.717) is 17.5 Å². The summed E-state index contributed by atoms with van der Waals surface area (Å²) in [6.07, 6.45) is 5.68. The van der Waals surface area contributed by atoms with Gasteiger partial charge in [-0.05, 0) is 19.1 Å². The molecule has 2 rings (SSSR count). The molecule has 0 aromatic carbocycles. The molecule has 0 amide bonds.